The van der Waals surface area contributed by atoms with Crippen LogP contribution in [0.3, 0.4) is 0 Å². The molecule has 0 atom stereocenters. The van der Waals surface area contributed by atoms with E-state index in [9.17, 15) is 8.42 Å². The van der Waals surface area contributed by atoms with E-state index in [1.807, 2.05) is 30.3 Å². The summed E-state index contributed by atoms with van der Waals surface area (Å²) in [6.45, 7) is 0.377. The molecule has 0 saturated heterocycles. The van der Waals surface area contributed by atoms with E-state index in [4.69, 9.17) is 9.47 Å². The Morgan fingerprint density at radius 3 is 2.25 bits per heavy atom. The van der Waals surface area contributed by atoms with Crippen molar-refractivity contribution in [1.82, 2.24) is 4.31 Å². The SMILES string of the molecule is COc1ccc(S(=O)(=O)N(Cc2ccccc2)C2CC2)cc1OC. The molecule has 3 rings (SSSR count). The van der Waals surface area contributed by atoms with Gasteiger partial charge in [-0.25, -0.2) is 8.42 Å². The zero-order valence-corrected chi connectivity index (χ0v) is 14.6. The van der Waals surface area contributed by atoms with E-state index in [0.29, 0.717) is 18.0 Å². The summed E-state index contributed by atoms with van der Waals surface area (Å²) in [6.07, 6.45) is 1.80. The second-order valence-electron chi connectivity index (χ2n) is 5.78. The topological polar surface area (TPSA) is 55.8 Å². The summed E-state index contributed by atoms with van der Waals surface area (Å²) < 4.78 is 38.2. The highest BCUT2D eigenvalue weighted by Gasteiger charge is 2.38. The fourth-order valence-electron chi connectivity index (χ4n) is 2.65. The number of hydrogen-bond acceptors (Lipinski definition) is 4. The van der Waals surface area contributed by atoms with Gasteiger partial charge in [0.05, 0.1) is 19.1 Å². The fourth-order valence-corrected chi connectivity index (χ4v) is 4.34. The molecule has 6 heteroatoms. The Morgan fingerprint density at radius 1 is 1.00 bits per heavy atom. The third-order valence-electron chi connectivity index (χ3n) is 4.10. The minimum absolute atomic E-state index is 0.0725. The van der Waals surface area contributed by atoms with Crippen LogP contribution >= 0.6 is 0 Å². The van der Waals surface area contributed by atoms with Gasteiger partial charge in [0, 0.05) is 18.7 Å². The first kappa shape index (κ1) is 16.8. The van der Waals surface area contributed by atoms with Crippen LogP contribution in [-0.4, -0.2) is 33.0 Å². The zero-order chi connectivity index (χ0) is 17.2. The third-order valence-corrected chi connectivity index (χ3v) is 5.99. The predicted molar refractivity (Wildman–Crippen MR) is 91.7 cm³/mol. The van der Waals surface area contributed by atoms with E-state index in [2.05, 4.69) is 0 Å². The number of methoxy groups -OCH3 is 2. The third kappa shape index (κ3) is 3.39. The zero-order valence-electron chi connectivity index (χ0n) is 13.8. The average Bonchev–Trinajstić information content (AvgIpc) is 3.44. The van der Waals surface area contributed by atoms with Gasteiger partial charge in [-0.2, -0.15) is 4.31 Å². The monoisotopic (exact) mass is 347 g/mol. The van der Waals surface area contributed by atoms with Crippen molar-refractivity contribution < 1.29 is 17.9 Å². The maximum atomic E-state index is 13.1. The molecule has 0 heterocycles. The number of ether oxygens (including phenoxy) is 2. The van der Waals surface area contributed by atoms with Gasteiger partial charge < -0.3 is 9.47 Å². The maximum absolute atomic E-state index is 13.1. The van der Waals surface area contributed by atoms with Crippen LogP contribution in [0.5, 0.6) is 11.5 Å². The van der Waals surface area contributed by atoms with Crippen LogP contribution in [-0.2, 0) is 16.6 Å². The Balaban J connectivity index is 1.94. The molecule has 0 bridgehead atoms. The van der Waals surface area contributed by atoms with Crippen molar-refractivity contribution in [3.63, 3.8) is 0 Å². The molecular formula is C18H21NO4S. The average molecular weight is 347 g/mol. The summed E-state index contributed by atoms with van der Waals surface area (Å²) in [5.41, 5.74) is 0.980. The van der Waals surface area contributed by atoms with Gasteiger partial charge in [-0.05, 0) is 30.5 Å². The number of sulfonamides is 1. The molecule has 0 spiro atoms. The van der Waals surface area contributed by atoms with E-state index in [1.54, 1.807) is 16.4 Å². The van der Waals surface area contributed by atoms with Crippen molar-refractivity contribution in [2.45, 2.75) is 30.3 Å². The highest BCUT2D eigenvalue weighted by Crippen LogP contribution is 2.36. The van der Waals surface area contributed by atoms with Gasteiger partial charge in [-0.1, -0.05) is 30.3 Å². The van der Waals surface area contributed by atoms with E-state index >= 15 is 0 Å². The lowest BCUT2D eigenvalue weighted by atomic mass is 10.2. The molecular weight excluding hydrogens is 326 g/mol. The summed E-state index contributed by atoms with van der Waals surface area (Å²) in [4.78, 5) is 0.225. The summed E-state index contributed by atoms with van der Waals surface area (Å²) >= 11 is 0. The normalized spacial score (nSPS) is 14.6. The molecule has 0 aliphatic heterocycles. The Morgan fingerprint density at radius 2 is 1.67 bits per heavy atom. The molecule has 0 radical (unpaired) electrons. The minimum atomic E-state index is -3.60. The first-order valence-electron chi connectivity index (χ1n) is 7.84. The van der Waals surface area contributed by atoms with Crippen LogP contribution in [0.15, 0.2) is 53.4 Å². The number of hydrogen-bond donors (Lipinski definition) is 0. The summed E-state index contributed by atoms with van der Waals surface area (Å²) in [5, 5.41) is 0. The van der Waals surface area contributed by atoms with E-state index in [1.165, 1.54) is 20.3 Å². The van der Waals surface area contributed by atoms with Gasteiger partial charge in [0.25, 0.3) is 0 Å². The molecule has 1 fully saturated rings. The molecule has 0 aromatic heterocycles. The second-order valence-corrected chi connectivity index (χ2v) is 7.67. The Hall–Kier alpha value is -2.05. The Labute approximate surface area is 142 Å². The highest BCUT2D eigenvalue weighted by atomic mass is 32.2. The molecule has 0 unspecified atom stereocenters. The second kappa shape index (κ2) is 6.83. The molecule has 24 heavy (non-hydrogen) atoms. The van der Waals surface area contributed by atoms with Gasteiger partial charge >= 0.3 is 0 Å². The van der Waals surface area contributed by atoms with Crippen molar-refractivity contribution in [2.24, 2.45) is 0 Å². The number of nitrogens with zero attached hydrogens (tertiary/aromatic N) is 1. The van der Waals surface area contributed by atoms with Crippen LogP contribution in [0, 0.1) is 0 Å². The first-order valence-corrected chi connectivity index (χ1v) is 9.28. The number of benzene rings is 2. The molecule has 1 aliphatic carbocycles. The van der Waals surface area contributed by atoms with Gasteiger partial charge in [0.15, 0.2) is 11.5 Å². The van der Waals surface area contributed by atoms with Gasteiger partial charge in [0.1, 0.15) is 0 Å². The molecule has 5 nitrogen and oxygen atoms in total. The quantitative estimate of drug-likeness (QED) is 0.772. The van der Waals surface area contributed by atoms with Crippen LogP contribution in [0.1, 0.15) is 18.4 Å². The van der Waals surface area contributed by atoms with Crippen molar-refractivity contribution in [3.8, 4) is 11.5 Å². The van der Waals surface area contributed by atoms with Crippen LogP contribution in [0.4, 0.5) is 0 Å². The Bertz CT molecular complexity index is 801. The van der Waals surface area contributed by atoms with E-state index in [-0.39, 0.29) is 10.9 Å². The van der Waals surface area contributed by atoms with Crippen molar-refractivity contribution in [2.75, 3.05) is 14.2 Å². The minimum Gasteiger partial charge on any atom is -0.493 e. The van der Waals surface area contributed by atoms with Crippen molar-refractivity contribution >= 4 is 10.0 Å². The molecule has 2 aromatic carbocycles. The van der Waals surface area contributed by atoms with E-state index in [0.717, 1.165) is 18.4 Å². The largest absolute Gasteiger partial charge is 0.493 e. The summed E-state index contributed by atoms with van der Waals surface area (Å²) in [5.74, 6) is 0.923. The molecule has 128 valence electrons. The van der Waals surface area contributed by atoms with Gasteiger partial charge in [0.2, 0.25) is 10.0 Å². The molecule has 2 aromatic rings. The smallest absolute Gasteiger partial charge is 0.243 e. The predicted octanol–water partition coefficient (Wildman–Crippen LogP) is 3.06. The molecule has 1 aliphatic rings. The lowest BCUT2D eigenvalue weighted by Crippen LogP contribution is -2.32. The van der Waals surface area contributed by atoms with Crippen LogP contribution < -0.4 is 9.47 Å². The molecule has 0 N–H and O–H groups in total. The van der Waals surface area contributed by atoms with Crippen molar-refractivity contribution in [3.05, 3.63) is 54.1 Å². The summed E-state index contributed by atoms with van der Waals surface area (Å²) in [6, 6.07) is 14.4. The maximum Gasteiger partial charge on any atom is 0.243 e. The standard InChI is InChI=1S/C18H21NO4S/c1-22-17-11-10-16(12-18(17)23-2)24(20,21)19(15-8-9-15)13-14-6-4-3-5-7-14/h3-7,10-12,15H,8-9,13H2,1-2H3. The van der Waals surface area contributed by atoms with Crippen LogP contribution in [0.25, 0.3) is 0 Å². The number of rotatable bonds is 7. The van der Waals surface area contributed by atoms with Crippen LogP contribution in [0.2, 0.25) is 0 Å². The van der Waals surface area contributed by atoms with Gasteiger partial charge in [-0.3, -0.25) is 0 Å². The Kier molecular flexibility index (Phi) is 4.78. The first-order chi connectivity index (χ1) is 11.6. The molecule has 0 amide bonds. The summed E-state index contributed by atoms with van der Waals surface area (Å²) in [7, 11) is -0.573. The lowest BCUT2D eigenvalue weighted by molar-refractivity contribution is 0.353. The highest BCUT2D eigenvalue weighted by molar-refractivity contribution is 7.89. The van der Waals surface area contributed by atoms with Gasteiger partial charge in [-0.15, -0.1) is 0 Å². The molecule has 1 saturated carbocycles. The van der Waals surface area contributed by atoms with Crippen molar-refractivity contribution in [1.29, 1.82) is 0 Å². The fraction of sp³-hybridized carbons (Fsp3) is 0.333. The van der Waals surface area contributed by atoms with E-state index < -0.39 is 10.0 Å². The lowest BCUT2D eigenvalue weighted by Gasteiger charge is -2.22.